The van der Waals surface area contributed by atoms with Crippen molar-refractivity contribution in [2.24, 2.45) is 0 Å². The first-order chi connectivity index (χ1) is 11.5. The molecule has 6 heteroatoms. The molecule has 1 N–H and O–H groups in total. The van der Waals surface area contributed by atoms with E-state index in [-0.39, 0.29) is 11.8 Å². The van der Waals surface area contributed by atoms with Crippen LogP contribution in [0, 0.1) is 0 Å². The molecule has 2 aromatic rings. The predicted octanol–water partition coefficient (Wildman–Crippen LogP) is 3.13. The Morgan fingerprint density at radius 1 is 1.17 bits per heavy atom. The van der Waals surface area contributed by atoms with Crippen LogP contribution in [0.5, 0.6) is 5.75 Å². The van der Waals surface area contributed by atoms with Crippen LogP contribution in [0.1, 0.15) is 17.3 Å². The number of nitrogens with zero attached hydrogens (tertiary/aromatic N) is 1. The van der Waals surface area contributed by atoms with Gasteiger partial charge in [0.25, 0.3) is 5.91 Å². The first kappa shape index (κ1) is 17.8. The molecule has 0 aromatic heterocycles. The second-order valence-electron chi connectivity index (χ2n) is 5.14. The van der Waals surface area contributed by atoms with Gasteiger partial charge in [-0.1, -0.05) is 23.7 Å². The molecule has 5 nitrogen and oxygen atoms in total. The summed E-state index contributed by atoms with van der Waals surface area (Å²) >= 11 is 5.88. The molecule has 0 aliphatic heterocycles. The Hall–Kier alpha value is -2.53. The van der Waals surface area contributed by atoms with E-state index >= 15 is 0 Å². The second kappa shape index (κ2) is 8.36. The highest BCUT2D eigenvalue weighted by atomic mass is 35.5. The summed E-state index contributed by atoms with van der Waals surface area (Å²) in [5.74, 6) is 0.327. The van der Waals surface area contributed by atoms with E-state index in [4.69, 9.17) is 16.3 Å². The number of carbonyl (C=O) groups is 2. The van der Waals surface area contributed by atoms with Gasteiger partial charge in [0.2, 0.25) is 5.91 Å². The van der Waals surface area contributed by atoms with Crippen LogP contribution in [-0.4, -0.2) is 32.0 Å². The summed E-state index contributed by atoms with van der Waals surface area (Å²) in [5, 5.41) is 3.29. The average molecular weight is 347 g/mol. The fourth-order valence-corrected chi connectivity index (χ4v) is 2.45. The Morgan fingerprint density at radius 3 is 2.58 bits per heavy atom. The molecule has 0 atom stereocenters. The van der Waals surface area contributed by atoms with Crippen molar-refractivity contribution in [2.45, 2.75) is 6.92 Å². The summed E-state index contributed by atoms with van der Waals surface area (Å²) in [6.45, 7) is 2.16. The highest BCUT2D eigenvalue weighted by molar-refractivity contribution is 6.30. The number of hydrogen-bond acceptors (Lipinski definition) is 3. The third kappa shape index (κ3) is 4.73. The van der Waals surface area contributed by atoms with Crippen LogP contribution in [0.4, 0.5) is 5.69 Å². The minimum absolute atomic E-state index is 0.111. The molecule has 0 saturated heterocycles. The van der Waals surface area contributed by atoms with Crippen LogP contribution < -0.4 is 15.0 Å². The van der Waals surface area contributed by atoms with Gasteiger partial charge in [-0.3, -0.25) is 9.59 Å². The zero-order valence-corrected chi connectivity index (χ0v) is 14.3. The van der Waals surface area contributed by atoms with Crippen LogP contribution in [0.25, 0.3) is 0 Å². The van der Waals surface area contributed by atoms with Crippen LogP contribution >= 0.6 is 11.6 Å². The summed E-state index contributed by atoms with van der Waals surface area (Å²) in [5.41, 5.74) is 1.21. The lowest BCUT2D eigenvalue weighted by atomic mass is 10.2. The molecular weight excluding hydrogens is 328 g/mol. The standard InChI is InChI=1S/C18H19ClN2O3/c1-13(22)21(16-7-4-8-17(12-16)24-2)10-9-20-18(23)14-5-3-6-15(19)11-14/h3-8,11-12H,9-10H2,1-2H3,(H,20,23). The molecule has 126 valence electrons. The summed E-state index contributed by atoms with van der Waals surface area (Å²) in [4.78, 5) is 25.6. The Morgan fingerprint density at radius 2 is 1.92 bits per heavy atom. The van der Waals surface area contributed by atoms with E-state index in [9.17, 15) is 9.59 Å². The van der Waals surface area contributed by atoms with Gasteiger partial charge in [0.1, 0.15) is 5.75 Å². The number of rotatable bonds is 6. The number of nitrogens with one attached hydrogen (secondary N) is 1. The topological polar surface area (TPSA) is 58.6 Å². The molecule has 0 aliphatic rings. The number of benzene rings is 2. The molecule has 24 heavy (non-hydrogen) atoms. The molecule has 2 rings (SSSR count). The Bertz CT molecular complexity index is 734. The summed E-state index contributed by atoms with van der Waals surface area (Å²) in [6, 6.07) is 13.9. The fourth-order valence-electron chi connectivity index (χ4n) is 2.26. The van der Waals surface area contributed by atoms with Crippen molar-refractivity contribution in [2.75, 3.05) is 25.1 Å². The molecular formula is C18H19ClN2O3. The maximum absolute atomic E-state index is 12.1. The van der Waals surface area contributed by atoms with Crippen molar-refractivity contribution < 1.29 is 14.3 Å². The van der Waals surface area contributed by atoms with E-state index in [1.165, 1.54) is 6.92 Å². The smallest absolute Gasteiger partial charge is 0.251 e. The van der Waals surface area contributed by atoms with Crippen molar-refractivity contribution in [3.63, 3.8) is 0 Å². The van der Waals surface area contributed by atoms with E-state index in [0.29, 0.717) is 29.4 Å². The maximum Gasteiger partial charge on any atom is 0.251 e. The van der Waals surface area contributed by atoms with Crippen LogP contribution in [-0.2, 0) is 4.79 Å². The summed E-state index contributed by atoms with van der Waals surface area (Å²) in [6.07, 6.45) is 0. The van der Waals surface area contributed by atoms with Crippen LogP contribution in [0.3, 0.4) is 0 Å². The van der Waals surface area contributed by atoms with Crippen molar-refractivity contribution >= 4 is 29.1 Å². The van der Waals surface area contributed by atoms with Gasteiger partial charge in [0.05, 0.1) is 7.11 Å². The van der Waals surface area contributed by atoms with Gasteiger partial charge in [-0.2, -0.15) is 0 Å². The van der Waals surface area contributed by atoms with E-state index in [1.54, 1.807) is 42.3 Å². The van der Waals surface area contributed by atoms with Gasteiger partial charge in [-0.05, 0) is 30.3 Å². The van der Waals surface area contributed by atoms with Gasteiger partial charge in [-0.25, -0.2) is 0 Å². The van der Waals surface area contributed by atoms with E-state index in [1.807, 2.05) is 18.2 Å². The number of anilines is 1. The molecule has 0 saturated carbocycles. The molecule has 0 unspecified atom stereocenters. The van der Waals surface area contributed by atoms with Crippen molar-refractivity contribution in [3.8, 4) is 5.75 Å². The zero-order valence-electron chi connectivity index (χ0n) is 13.6. The third-order valence-electron chi connectivity index (χ3n) is 3.45. The molecule has 2 amide bonds. The zero-order chi connectivity index (χ0) is 17.5. The molecule has 0 spiro atoms. The second-order valence-corrected chi connectivity index (χ2v) is 5.57. The monoisotopic (exact) mass is 346 g/mol. The predicted molar refractivity (Wildman–Crippen MR) is 94.8 cm³/mol. The molecule has 2 aromatic carbocycles. The van der Waals surface area contributed by atoms with Crippen LogP contribution in [0.15, 0.2) is 48.5 Å². The Balaban J connectivity index is 1.99. The summed E-state index contributed by atoms with van der Waals surface area (Å²) in [7, 11) is 1.57. The SMILES string of the molecule is COc1cccc(N(CCNC(=O)c2cccc(Cl)c2)C(C)=O)c1. The number of halogens is 1. The molecule has 0 aliphatic carbocycles. The normalized spacial score (nSPS) is 10.1. The Labute approximate surface area is 146 Å². The van der Waals surface area contributed by atoms with E-state index in [2.05, 4.69) is 5.32 Å². The highest BCUT2D eigenvalue weighted by Gasteiger charge is 2.13. The average Bonchev–Trinajstić information content (AvgIpc) is 2.58. The van der Waals surface area contributed by atoms with E-state index in [0.717, 1.165) is 5.69 Å². The van der Waals surface area contributed by atoms with Gasteiger partial charge in [-0.15, -0.1) is 0 Å². The number of amides is 2. The van der Waals surface area contributed by atoms with Gasteiger partial charge in [0, 0.05) is 42.4 Å². The van der Waals surface area contributed by atoms with Crippen LogP contribution in [0.2, 0.25) is 5.02 Å². The number of methoxy groups -OCH3 is 1. The molecule has 0 radical (unpaired) electrons. The summed E-state index contributed by atoms with van der Waals surface area (Å²) < 4.78 is 5.18. The molecule has 0 bridgehead atoms. The fraction of sp³-hybridized carbons (Fsp3) is 0.222. The number of hydrogen-bond donors (Lipinski definition) is 1. The lowest BCUT2D eigenvalue weighted by Gasteiger charge is -2.22. The number of carbonyl (C=O) groups excluding carboxylic acids is 2. The quantitative estimate of drug-likeness (QED) is 0.874. The lowest BCUT2D eigenvalue weighted by Crippen LogP contribution is -2.37. The minimum Gasteiger partial charge on any atom is -0.497 e. The highest BCUT2D eigenvalue weighted by Crippen LogP contribution is 2.20. The first-order valence-corrected chi connectivity index (χ1v) is 7.85. The molecule has 0 fully saturated rings. The van der Waals surface area contributed by atoms with Gasteiger partial charge >= 0.3 is 0 Å². The lowest BCUT2D eigenvalue weighted by molar-refractivity contribution is -0.116. The van der Waals surface area contributed by atoms with Crippen molar-refractivity contribution in [3.05, 3.63) is 59.1 Å². The molecule has 0 heterocycles. The van der Waals surface area contributed by atoms with E-state index < -0.39 is 0 Å². The third-order valence-corrected chi connectivity index (χ3v) is 3.69. The first-order valence-electron chi connectivity index (χ1n) is 7.47. The minimum atomic E-state index is -0.230. The van der Waals surface area contributed by atoms with Gasteiger partial charge < -0.3 is 15.0 Å². The van der Waals surface area contributed by atoms with Crippen molar-refractivity contribution in [1.82, 2.24) is 5.32 Å². The van der Waals surface area contributed by atoms with Gasteiger partial charge in [0.15, 0.2) is 0 Å². The largest absolute Gasteiger partial charge is 0.497 e. The maximum atomic E-state index is 12.1. The Kier molecular flexibility index (Phi) is 6.21. The number of ether oxygens (including phenoxy) is 1. The van der Waals surface area contributed by atoms with Crippen molar-refractivity contribution in [1.29, 1.82) is 0 Å².